The topological polar surface area (TPSA) is 55.7 Å². The first-order valence-corrected chi connectivity index (χ1v) is 10.2. The lowest BCUT2D eigenvalue weighted by Gasteiger charge is -2.23. The lowest BCUT2D eigenvalue weighted by atomic mass is 10.1. The second-order valence-corrected chi connectivity index (χ2v) is 7.83. The molecule has 7 nitrogen and oxygen atoms in total. The van der Waals surface area contributed by atoms with Gasteiger partial charge in [-0.25, -0.2) is 4.98 Å². The molecule has 0 spiro atoms. The van der Waals surface area contributed by atoms with E-state index in [1.165, 1.54) is 12.5 Å². The molecule has 0 unspecified atom stereocenters. The normalized spacial score (nSPS) is 13.9. The first-order chi connectivity index (χ1) is 14.7. The fraction of sp³-hybridized carbons (Fsp3) is 0.300. The van der Waals surface area contributed by atoms with Crippen LogP contribution in [-0.2, 0) is 19.8 Å². The lowest BCUT2D eigenvalue weighted by Crippen LogP contribution is -2.25. The number of aryl methyl sites for hydroxylation is 2. The number of aromatic nitrogens is 3. The van der Waals surface area contributed by atoms with Gasteiger partial charge in [-0.15, -0.1) is 11.3 Å². The molecule has 0 atom stereocenters. The molecule has 0 radical (unpaired) electrons. The number of alkyl halides is 3. The number of benzene rings is 1. The molecule has 11 heteroatoms. The third kappa shape index (κ3) is 4.46. The van der Waals surface area contributed by atoms with Gasteiger partial charge in [0.05, 0.1) is 31.4 Å². The Morgan fingerprint density at radius 3 is 2.58 bits per heavy atom. The monoisotopic (exact) mass is 451 g/mol. The first kappa shape index (κ1) is 21.0. The average Bonchev–Trinajstić information content (AvgIpc) is 3.46. The highest BCUT2D eigenvalue weighted by Crippen LogP contribution is 2.37. The zero-order valence-electron chi connectivity index (χ0n) is 17.1. The van der Waals surface area contributed by atoms with Gasteiger partial charge in [-0.3, -0.25) is 4.68 Å². The minimum absolute atomic E-state index is 0.0942. The van der Waals surface area contributed by atoms with Gasteiger partial charge in [0, 0.05) is 42.8 Å². The van der Waals surface area contributed by atoms with Gasteiger partial charge in [0.25, 0.3) is 0 Å². The van der Waals surface area contributed by atoms with Gasteiger partial charge < -0.3 is 19.3 Å². The van der Waals surface area contributed by atoms with Crippen molar-refractivity contribution in [3.63, 3.8) is 0 Å². The summed E-state index contributed by atoms with van der Waals surface area (Å²) in [6.07, 6.45) is 3.15. The lowest BCUT2D eigenvalue weighted by molar-refractivity contribution is -0.137. The number of methoxy groups -OCH3 is 1. The fourth-order valence-corrected chi connectivity index (χ4v) is 3.86. The van der Waals surface area contributed by atoms with Gasteiger partial charge >= 0.3 is 6.18 Å². The average molecular weight is 451 g/mol. The zero-order chi connectivity index (χ0) is 22.2. The van der Waals surface area contributed by atoms with E-state index in [1.54, 1.807) is 10.9 Å². The predicted octanol–water partition coefficient (Wildman–Crippen LogP) is 4.55. The maximum atomic E-state index is 12.8. The van der Waals surface area contributed by atoms with Crippen molar-refractivity contribution in [3.8, 4) is 11.5 Å². The molecule has 1 aliphatic rings. The number of hydrogen-bond acceptors (Lipinski definition) is 7. The van der Waals surface area contributed by atoms with Crippen molar-refractivity contribution in [2.45, 2.75) is 19.7 Å². The van der Waals surface area contributed by atoms with Crippen molar-refractivity contribution < 1.29 is 22.6 Å². The van der Waals surface area contributed by atoms with Crippen LogP contribution in [0, 0.1) is 6.92 Å². The second-order valence-electron chi connectivity index (χ2n) is 6.97. The minimum Gasteiger partial charge on any atom is -0.493 e. The van der Waals surface area contributed by atoms with Crippen LogP contribution in [0.25, 0.3) is 0 Å². The van der Waals surface area contributed by atoms with Gasteiger partial charge in [0.2, 0.25) is 0 Å². The standard InChI is InChI=1S/C20H20F3N5O2S/c1-13-6-17(29-3)18(30-10-14-11-31-19(25-14)20(21,22)23)7-16(13)28-5-4-27(12-28)15-8-24-26(2)9-15/h4-9,11H,10,12H2,1-3H3. The first-order valence-electron chi connectivity index (χ1n) is 9.28. The summed E-state index contributed by atoms with van der Waals surface area (Å²) < 4.78 is 51.2. The molecule has 1 aliphatic heterocycles. The molecule has 0 saturated carbocycles. The zero-order valence-corrected chi connectivity index (χ0v) is 17.9. The van der Waals surface area contributed by atoms with E-state index in [-0.39, 0.29) is 12.3 Å². The SMILES string of the molecule is COc1cc(C)c(N2C=CN(c3cnn(C)c3)C2)cc1OCc1csc(C(F)(F)F)n1. The smallest absolute Gasteiger partial charge is 0.443 e. The van der Waals surface area contributed by atoms with E-state index in [0.29, 0.717) is 29.5 Å². The quantitative estimate of drug-likeness (QED) is 0.548. The van der Waals surface area contributed by atoms with E-state index in [1.807, 2.05) is 54.5 Å². The Morgan fingerprint density at radius 1 is 1.16 bits per heavy atom. The Hall–Kier alpha value is -3.21. The molecule has 3 aromatic rings. The molecule has 3 heterocycles. The summed E-state index contributed by atoms with van der Waals surface area (Å²) in [7, 11) is 3.38. The largest absolute Gasteiger partial charge is 0.493 e. The Balaban J connectivity index is 1.52. The van der Waals surface area contributed by atoms with Crippen molar-refractivity contribution in [1.29, 1.82) is 0 Å². The van der Waals surface area contributed by atoms with Crippen LogP contribution < -0.4 is 19.3 Å². The van der Waals surface area contributed by atoms with Crippen molar-refractivity contribution in [1.82, 2.24) is 14.8 Å². The molecule has 1 aromatic carbocycles. The summed E-state index contributed by atoms with van der Waals surface area (Å²) in [4.78, 5) is 7.69. The van der Waals surface area contributed by atoms with E-state index in [9.17, 15) is 13.2 Å². The summed E-state index contributed by atoms with van der Waals surface area (Å²) in [5.41, 5.74) is 3.04. The summed E-state index contributed by atoms with van der Waals surface area (Å²) >= 11 is 0.550. The maximum absolute atomic E-state index is 12.8. The Kier molecular flexibility index (Phi) is 5.52. The molecule has 31 heavy (non-hydrogen) atoms. The third-order valence-corrected chi connectivity index (χ3v) is 5.65. The van der Waals surface area contributed by atoms with E-state index in [2.05, 4.69) is 10.1 Å². The molecule has 2 aromatic heterocycles. The number of rotatable bonds is 6. The number of nitrogens with zero attached hydrogens (tertiary/aromatic N) is 5. The molecular weight excluding hydrogens is 431 g/mol. The minimum atomic E-state index is -4.46. The third-order valence-electron chi connectivity index (χ3n) is 4.72. The van der Waals surface area contributed by atoms with Crippen LogP contribution in [0.5, 0.6) is 11.5 Å². The number of anilines is 2. The molecule has 0 bridgehead atoms. The number of thiazole rings is 1. The van der Waals surface area contributed by atoms with Crippen molar-refractivity contribution in [2.75, 3.05) is 23.6 Å². The van der Waals surface area contributed by atoms with Gasteiger partial charge in [0.1, 0.15) is 6.61 Å². The Bertz CT molecular complexity index is 1110. The van der Waals surface area contributed by atoms with Crippen LogP contribution in [0.2, 0.25) is 0 Å². The predicted molar refractivity (Wildman–Crippen MR) is 111 cm³/mol. The molecule has 0 fully saturated rings. The highest BCUT2D eigenvalue weighted by molar-refractivity contribution is 7.09. The molecule has 0 saturated heterocycles. The van der Waals surface area contributed by atoms with Crippen LogP contribution >= 0.6 is 11.3 Å². The molecule has 0 amide bonds. The fourth-order valence-electron chi connectivity index (χ4n) is 3.19. The number of ether oxygens (including phenoxy) is 2. The van der Waals surface area contributed by atoms with E-state index in [4.69, 9.17) is 9.47 Å². The second kappa shape index (κ2) is 8.14. The van der Waals surface area contributed by atoms with Gasteiger partial charge in [-0.2, -0.15) is 18.3 Å². The van der Waals surface area contributed by atoms with E-state index in [0.717, 1.165) is 16.9 Å². The van der Waals surface area contributed by atoms with Gasteiger partial charge in [-0.1, -0.05) is 0 Å². The van der Waals surface area contributed by atoms with Crippen molar-refractivity contribution >= 4 is 22.7 Å². The van der Waals surface area contributed by atoms with Gasteiger partial charge in [0.15, 0.2) is 16.5 Å². The van der Waals surface area contributed by atoms with E-state index < -0.39 is 11.2 Å². The summed E-state index contributed by atoms with van der Waals surface area (Å²) in [5.74, 6) is 0.928. The molecule has 0 N–H and O–H groups in total. The van der Waals surface area contributed by atoms with Crippen LogP contribution in [0.3, 0.4) is 0 Å². The van der Waals surface area contributed by atoms with Crippen LogP contribution in [0.15, 0.2) is 42.3 Å². The highest BCUT2D eigenvalue weighted by Gasteiger charge is 2.34. The van der Waals surface area contributed by atoms with Crippen LogP contribution in [0.1, 0.15) is 16.3 Å². The number of hydrogen-bond donors (Lipinski definition) is 0. The van der Waals surface area contributed by atoms with Crippen LogP contribution in [-0.4, -0.2) is 28.5 Å². The van der Waals surface area contributed by atoms with Gasteiger partial charge in [-0.05, 0) is 18.6 Å². The summed E-state index contributed by atoms with van der Waals surface area (Å²) in [5, 5.41) is 4.65. The molecule has 164 valence electrons. The van der Waals surface area contributed by atoms with Crippen molar-refractivity contribution in [2.24, 2.45) is 7.05 Å². The van der Waals surface area contributed by atoms with Crippen LogP contribution in [0.4, 0.5) is 24.5 Å². The highest BCUT2D eigenvalue weighted by atomic mass is 32.1. The number of halogens is 3. The van der Waals surface area contributed by atoms with E-state index >= 15 is 0 Å². The molecular formula is C20H20F3N5O2S. The molecule has 4 rings (SSSR count). The Morgan fingerprint density at radius 2 is 1.94 bits per heavy atom. The summed E-state index contributed by atoms with van der Waals surface area (Å²) in [6.45, 7) is 2.45. The molecule has 0 aliphatic carbocycles. The Labute approximate surface area is 180 Å². The van der Waals surface area contributed by atoms with Crippen molar-refractivity contribution in [3.05, 3.63) is 58.6 Å². The maximum Gasteiger partial charge on any atom is 0.443 e. The summed E-state index contributed by atoms with van der Waals surface area (Å²) in [6, 6.07) is 3.66.